The molecule has 2 heterocycles. The first-order valence-corrected chi connectivity index (χ1v) is 7.68. The summed E-state index contributed by atoms with van der Waals surface area (Å²) in [5.41, 5.74) is 2.30. The number of carbonyl (C=O) groups is 3. The van der Waals surface area contributed by atoms with Crippen LogP contribution in [0.5, 0.6) is 0 Å². The zero-order valence-corrected chi connectivity index (χ0v) is 11.2. The highest BCUT2D eigenvalue weighted by Crippen LogP contribution is 2.15. The van der Waals surface area contributed by atoms with E-state index < -0.39 is 39.5 Å². The molecule has 2 unspecified atom stereocenters. The van der Waals surface area contributed by atoms with Gasteiger partial charge in [0.05, 0.1) is 11.5 Å². The van der Waals surface area contributed by atoms with Gasteiger partial charge >= 0.3 is 0 Å². The van der Waals surface area contributed by atoms with Crippen molar-refractivity contribution in [3.05, 3.63) is 0 Å². The molecular weight excluding hydrogens is 274 g/mol. The van der Waals surface area contributed by atoms with Gasteiger partial charge in [-0.1, -0.05) is 0 Å². The number of rotatable bonds is 3. The summed E-state index contributed by atoms with van der Waals surface area (Å²) in [6, 6.07) is -0.421. The van der Waals surface area contributed by atoms with Crippen molar-refractivity contribution >= 4 is 27.6 Å². The van der Waals surface area contributed by atoms with Gasteiger partial charge in [0.15, 0.2) is 9.84 Å². The second-order valence-corrected chi connectivity index (χ2v) is 7.03. The van der Waals surface area contributed by atoms with Crippen molar-refractivity contribution in [1.82, 2.24) is 15.8 Å². The fourth-order valence-corrected chi connectivity index (χ4v) is 3.88. The SMILES string of the molecule is CN1NC(=O)C(CC(=O)NC2CCS(=O)(=O)C2)C1=O. The van der Waals surface area contributed by atoms with E-state index in [2.05, 4.69) is 10.7 Å². The lowest BCUT2D eigenvalue weighted by molar-refractivity contribution is -0.135. The van der Waals surface area contributed by atoms with Crippen LogP contribution in [0.2, 0.25) is 0 Å². The first-order chi connectivity index (χ1) is 8.78. The average Bonchev–Trinajstić information content (AvgIpc) is 2.74. The van der Waals surface area contributed by atoms with E-state index in [9.17, 15) is 22.8 Å². The molecule has 2 saturated heterocycles. The molecule has 0 bridgehead atoms. The molecule has 0 radical (unpaired) electrons. The molecule has 9 heteroatoms. The van der Waals surface area contributed by atoms with Crippen LogP contribution in [0.25, 0.3) is 0 Å². The fourth-order valence-electron chi connectivity index (χ4n) is 2.21. The highest BCUT2D eigenvalue weighted by molar-refractivity contribution is 7.91. The lowest BCUT2D eigenvalue weighted by Crippen LogP contribution is -2.38. The van der Waals surface area contributed by atoms with Gasteiger partial charge in [-0.05, 0) is 6.42 Å². The van der Waals surface area contributed by atoms with Crippen molar-refractivity contribution in [3.8, 4) is 0 Å². The second kappa shape index (κ2) is 4.80. The minimum atomic E-state index is -3.07. The Labute approximate surface area is 110 Å². The van der Waals surface area contributed by atoms with Crippen LogP contribution < -0.4 is 10.7 Å². The third kappa shape index (κ3) is 3.03. The summed E-state index contributed by atoms with van der Waals surface area (Å²) < 4.78 is 22.5. The van der Waals surface area contributed by atoms with Crippen molar-refractivity contribution < 1.29 is 22.8 Å². The Morgan fingerprint density at radius 3 is 2.63 bits per heavy atom. The van der Waals surface area contributed by atoms with Crippen LogP contribution in [0.4, 0.5) is 0 Å². The smallest absolute Gasteiger partial charge is 0.253 e. The zero-order chi connectivity index (χ0) is 14.2. The average molecular weight is 289 g/mol. The fraction of sp³-hybridized carbons (Fsp3) is 0.700. The number of carbonyl (C=O) groups excluding carboxylic acids is 3. The molecule has 0 aromatic rings. The normalized spacial score (nSPS) is 29.4. The Kier molecular flexibility index (Phi) is 3.48. The third-order valence-corrected chi connectivity index (χ3v) is 4.98. The van der Waals surface area contributed by atoms with Gasteiger partial charge in [-0.3, -0.25) is 24.8 Å². The minimum Gasteiger partial charge on any atom is -0.352 e. The number of hydrazine groups is 1. The molecule has 19 heavy (non-hydrogen) atoms. The van der Waals surface area contributed by atoms with Gasteiger partial charge in [0, 0.05) is 19.5 Å². The third-order valence-electron chi connectivity index (χ3n) is 3.21. The van der Waals surface area contributed by atoms with Crippen molar-refractivity contribution in [3.63, 3.8) is 0 Å². The number of nitrogens with one attached hydrogen (secondary N) is 2. The first-order valence-electron chi connectivity index (χ1n) is 5.86. The summed E-state index contributed by atoms with van der Waals surface area (Å²) in [6.45, 7) is 0. The van der Waals surface area contributed by atoms with Crippen LogP contribution in [-0.4, -0.2) is 55.7 Å². The molecule has 0 aliphatic carbocycles. The number of sulfone groups is 1. The molecular formula is C10H15N3O5S. The van der Waals surface area contributed by atoms with Gasteiger partial charge in [0.1, 0.15) is 5.92 Å². The Hall–Kier alpha value is -1.64. The van der Waals surface area contributed by atoms with Crippen LogP contribution in [0.3, 0.4) is 0 Å². The molecule has 2 atom stereocenters. The molecule has 2 N–H and O–H groups in total. The maximum Gasteiger partial charge on any atom is 0.253 e. The van der Waals surface area contributed by atoms with Crippen molar-refractivity contribution in [2.24, 2.45) is 5.92 Å². The molecule has 2 aliphatic rings. The summed E-state index contributed by atoms with van der Waals surface area (Å²) in [5, 5.41) is 3.59. The van der Waals surface area contributed by atoms with Crippen molar-refractivity contribution in [2.45, 2.75) is 18.9 Å². The molecule has 3 amide bonds. The van der Waals surface area contributed by atoms with Crippen LogP contribution in [0.1, 0.15) is 12.8 Å². The quantitative estimate of drug-likeness (QED) is 0.572. The molecule has 2 rings (SSSR count). The molecule has 0 aromatic heterocycles. The van der Waals surface area contributed by atoms with E-state index in [-0.39, 0.29) is 17.9 Å². The summed E-state index contributed by atoms with van der Waals surface area (Å²) >= 11 is 0. The van der Waals surface area contributed by atoms with E-state index in [1.54, 1.807) is 0 Å². The number of amides is 3. The van der Waals surface area contributed by atoms with E-state index in [1.165, 1.54) is 7.05 Å². The Morgan fingerprint density at radius 2 is 2.16 bits per heavy atom. The van der Waals surface area contributed by atoms with Crippen molar-refractivity contribution in [1.29, 1.82) is 0 Å². The van der Waals surface area contributed by atoms with Crippen LogP contribution >= 0.6 is 0 Å². The standard InChI is InChI=1S/C10H15N3O5S/c1-13-10(16)7(9(15)12-13)4-8(14)11-6-2-3-19(17,18)5-6/h6-7H,2-5H2,1H3,(H,11,14)(H,12,15). The minimum absolute atomic E-state index is 0.0591. The largest absolute Gasteiger partial charge is 0.352 e. The van der Waals surface area contributed by atoms with Gasteiger partial charge in [-0.15, -0.1) is 0 Å². The predicted molar refractivity (Wildman–Crippen MR) is 64.2 cm³/mol. The van der Waals surface area contributed by atoms with Gasteiger partial charge < -0.3 is 5.32 Å². The summed E-state index contributed by atoms with van der Waals surface area (Å²) in [4.78, 5) is 34.7. The van der Waals surface area contributed by atoms with Crippen LogP contribution in [0.15, 0.2) is 0 Å². The Balaban J connectivity index is 1.89. The van der Waals surface area contributed by atoms with Gasteiger partial charge in [0.2, 0.25) is 5.91 Å². The number of hydrogen-bond acceptors (Lipinski definition) is 5. The van der Waals surface area contributed by atoms with Gasteiger partial charge in [-0.2, -0.15) is 0 Å². The summed E-state index contributed by atoms with van der Waals surface area (Å²) in [5.74, 6) is -2.50. The van der Waals surface area contributed by atoms with E-state index in [0.29, 0.717) is 6.42 Å². The molecule has 2 aliphatic heterocycles. The lowest BCUT2D eigenvalue weighted by Gasteiger charge is -2.12. The van der Waals surface area contributed by atoms with E-state index >= 15 is 0 Å². The van der Waals surface area contributed by atoms with Crippen molar-refractivity contribution in [2.75, 3.05) is 18.6 Å². The predicted octanol–water partition coefficient (Wildman–Crippen LogP) is -2.20. The molecule has 0 spiro atoms. The Morgan fingerprint density at radius 1 is 1.47 bits per heavy atom. The maximum atomic E-state index is 11.7. The van der Waals surface area contributed by atoms with Crippen LogP contribution in [-0.2, 0) is 24.2 Å². The lowest BCUT2D eigenvalue weighted by atomic mass is 10.0. The molecule has 0 aromatic carbocycles. The Bertz CT molecular complexity index is 529. The topological polar surface area (TPSA) is 113 Å². The molecule has 0 saturated carbocycles. The summed E-state index contributed by atoms with van der Waals surface area (Å²) in [7, 11) is -1.66. The monoisotopic (exact) mass is 289 g/mol. The zero-order valence-electron chi connectivity index (χ0n) is 10.4. The highest BCUT2D eigenvalue weighted by atomic mass is 32.2. The van der Waals surface area contributed by atoms with Crippen LogP contribution in [0, 0.1) is 5.92 Å². The van der Waals surface area contributed by atoms with Gasteiger partial charge in [0.25, 0.3) is 11.8 Å². The maximum absolute atomic E-state index is 11.7. The van der Waals surface area contributed by atoms with E-state index in [0.717, 1.165) is 5.01 Å². The molecule has 106 valence electrons. The molecule has 8 nitrogen and oxygen atoms in total. The summed E-state index contributed by atoms with van der Waals surface area (Å²) in [6.07, 6.45) is 0.115. The second-order valence-electron chi connectivity index (χ2n) is 4.80. The number of hydrogen-bond donors (Lipinski definition) is 2. The van der Waals surface area contributed by atoms with E-state index in [4.69, 9.17) is 0 Å². The molecule has 2 fully saturated rings. The number of nitrogens with zero attached hydrogens (tertiary/aromatic N) is 1. The van der Waals surface area contributed by atoms with Gasteiger partial charge in [-0.25, -0.2) is 8.42 Å². The first kappa shape index (κ1) is 13.8. The highest BCUT2D eigenvalue weighted by Gasteiger charge is 2.39. The van der Waals surface area contributed by atoms with E-state index in [1.807, 2.05) is 0 Å².